The maximum absolute atomic E-state index is 12.6. The maximum Gasteiger partial charge on any atom is 0.274 e. The normalized spacial score (nSPS) is 23.6. The summed E-state index contributed by atoms with van der Waals surface area (Å²) in [7, 11) is 0. The van der Waals surface area contributed by atoms with Gasteiger partial charge in [-0.1, -0.05) is 0 Å². The van der Waals surface area contributed by atoms with E-state index in [1.807, 2.05) is 11.0 Å². The standard InChI is InChI=1S/C15H16N6O/c22-14(11-10-16-6-7-17-11)20-8-2-13-12(20)3-9-21(13)15-18-4-1-5-19-15/h1,4-7,10,12-13H,2-3,8-9H2/t12-,13+/m1/s1. The second kappa shape index (κ2) is 5.32. The first-order valence-electron chi connectivity index (χ1n) is 7.45. The Morgan fingerprint density at radius 2 is 1.82 bits per heavy atom. The van der Waals surface area contributed by atoms with Gasteiger partial charge in [0.2, 0.25) is 5.95 Å². The van der Waals surface area contributed by atoms with Crippen molar-refractivity contribution in [3.05, 3.63) is 42.7 Å². The third-order valence-corrected chi connectivity index (χ3v) is 4.43. The quantitative estimate of drug-likeness (QED) is 0.814. The van der Waals surface area contributed by atoms with E-state index in [-0.39, 0.29) is 11.9 Å². The van der Waals surface area contributed by atoms with Crippen LogP contribution in [-0.2, 0) is 0 Å². The number of likely N-dealkylation sites (tertiary alicyclic amines) is 1. The van der Waals surface area contributed by atoms with Crippen LogP contribution in [0.1, 0.15) is 23.3 Å². The van der Waals surface area contributed by atoms with Crippen molar-refractivity contribution in [1.29, 1.82) is 0 Å². The molecule has 112 valence electrons. The predicted molar refractivity (Wildman–Crippen MR) is 79.3 cm³/mol. The van der Waals surface area contributed by atoms with Crippen molar-refractivity contribution in [2.45, 2.75) is 24.9 Å². The highest BCUT2D eigenvalue weighted by molar-refractivity contribution is 5.92. The summed E-state index contributed by atoms with van der Waals surface area (Å²) in [6.07, 6.45) is 10.1. The molecule has 2 fully saturated rings. The van der Waals surface area contributed by atoms with Crippen LogP contribution in [0.3, 0.4) is 0 Å². The number of carbonyl (C=O) groups is 1. The first-order chi connectivity index (χ1) is 10.8. The number of hydrogen-bond acceptors (Lipinski definition) is 6. The van der Waals surface area contributed by atoms with Crippen molar-refractivity contribution >= 4 is 11.9 Å². The van der Waals surface area contributed by atoms with E-state index in [9.17, 15) is 4.79 Å². The zero-order chi connectivity index (χ0) is 14.9. The molecule has 22 heavy (non-hydrogen) atoms. The lowest BCUT2D eigenvalue weighted by molar-refractivity contribution is 0.0731. The average Bonchev–Trinajstić information content (AvgIpc) is 3.17. The summed E-state index contributed by atoms with van der Waals surface area (Å²) in [6.45, 7) is 1.62. The van der Waals surface area contributed by atoms with Crippen LogP contribution in [0.15, 0.2) is 37.1 Å². The first kappa shape index (κ1) is 13.1. The fourth-order valence-electron chi connectivity index (χ4n) is 3.48. The molecule has 0 spiro atoms. The lowest BCUT2D eigenvalue weighted by Crippen LogP contribution is -2.40. The zero-order valence-corrected chi connectivity index (χ0v) is 12.0. The molecule has 7 nitrogen and oxygen atoms in total. The molecule has 4 heterocycles. The SMILES string of the molecule is O=C(c1cnccn1)N1CC[C@H]2[C@H]1CCN2c1ncccn1. The van der Waals surface area contributed by atoms with Crippen LogP contribution in [0.2, 0.25) is 0 Å². The van der Waals surface area contributed by atoms with E-state index in [0.717, 1.165) is 31.9 Å². The topological polar surface area (TPSA) is 75.1 Å². The Labute approximate surface area is 128 Å². The summed E-state index contributed by atoms with van der Waals surface area (Å²) < 4.78 is 0. The van der Waals surface area contributed by atoms with Gasteiger partial charge in [0.1, 0.15) is 5.69 Å². The Kier molecular flexibility index (Phi) is 3.17. The molecule has 0 aliphatic carbocycles. The highest BCUT2D eigenvalue weighted by Crippen LogP contribution is 2.34. The fourth-order valence-corrected chi connectivity index (χ4v) is 3.48. The van der Waals surface area contributed by atoms with Crippen molar-refractivity contribution < 1.29 is 4.79 Å². The molecular formula is C15H16N6O. The van der Waals surface area contributed by atoms with E-state index < -0.39 is 0 Å². The second-order valence-corrected chi connectivity index (χ2v) is 5.54. The number of rotatable bonds is 2. The Morgan fingerprint density at radius 1 is 1.00 bits per heavy atom. The van der Waals surface area contributed by atoms with Gasteiger partial charge in [-0.25, -0.2) is 15.0 Å². The molecule has 1 amide bonds. The molecule has 2 atom stereocenters. The van der Waals surface area contributed by atoms with Gasteiger partial charge in [-0.15, -0.1) is 0 Å². The van der Waals surface area contributed by atoms with Crippen molar-refractivity contribution in [2.24, 2.45) is 0 Å². The molecule has 0 unspecified atom stereocenters. The number of anilines is 1. The summed E-state index contributed by atoms with van der Waals surface area (Å²) in [5, 5.41) is 0. The average molecular weight is 296 g/mol. The molecule has 0 aromatic carbocycles. The molecule has 0 radical (unpaired) electrons. The smallest absolute Gasteiger partial charge is 0.274 e. The minimum atomic E-state index is -0.0311. The predicted octanol–water partition coefficient (Wildman–Crippen LogP) is 0.760. The van der Waals surface area contributed by atoms with Crippen molar-refractivity contribution in [3.63, 3.8) is 0 Å². The van der Waals surface area contributed by atoms with E-state index in [1.54, 1.807) is 24.8 Å². The molecule has 2 aromatic rings. The summed E-state index contributed by atoms with van der Waals surface area (Å²) in [5.41, 5.74) is 0.414. The summed E-state index contributed by atoms with van der Waals surface area (Å²) in [5.74, 6) is 0.722. The van der Waals surface area contributed by atoms with Crippen LogP contribution < -0.4 is 4.90 Å². The van der Waals surface area contributed by atoms with Crippen LogP contribution >= 0.6 is 0 Å². The third-order valence-electron chi connectivity index (χ3n) is 4.43. The molecule has 0 saturated carbocycles. The molecule has 2 aromatic heterocycles. The van der Waals surface area contributed by atoms with E-state index >= 15 is 0 Å². The molecule has 2 saturated heterocycles. The number of aromatic nitrogens is 4. The van der Waals surface area contributed by atoms with Crippen molar-refractivity contribution in [3.8, 4) is 0 Å². The Hall–Kier alpha value is -2.57. The van der Waals surface area contributed by atoms with Gasteiger partial charge in [0.15, 0.2) is 0 Å². The van der Waals surface area contributed by atoms with Crippen LogP contribution in [0.25, 0.3) is 0 Å². The first-order valence-corrected chi connectivity index (χ1v) is 7.45. The van der Waals surface area contributed by atoms with E-state index in [2.05, 4.69) is 24.8 Å². The van der Waals surface area contributed by atoms with Gasteiger partial charge >= 0.3 is 0 Å². The van der Waals surface area contributed by atoms with E-state index in [0.29, 0.717) is 11.7 Å². The van der Waals surface area contributed by atoms with Crippen molar-refractivity contribution in [2.75, 3.05) is 18.0 Å². The zero-order valence-electron chi connectivity index (χ0n) is 12.0. The number of fused-ring (bicyclic) bond motifs is 1. The maximum atomic E-state index is 12.6. The molecule has 0 N–H and O–H groups in total. The second-order valence-electron chi connectivity index (χ2n) is 5.54. The summed E-state index contributed by atoms with van der Waals surface area (Å²) in [6, 6.07) is 2.32. The van der Waals surface area contributed by atoms with Crippen molar-refractivity contribution in [1.82, 2.24) is 24.8 Å². The van der Waals surface area contributed by atoms with E-state index in [4.69, 9.17) is 0 Å². The van der Waals surface area contributed by atoms with Gasteiger partial charge in [0.05, 0.1) is 18.3 Å². The third kappa shape index (κ3) is 2.09. The summed E-state index contributed by atoms with van der Waals surface area (Å²) in [4.78, 5) is 33.5. The number of nitrogens with zero attached hydrogens (tertiary/aromatic N) is 6. The monoisotopic (exact) mass is 296 g/mol. The van der Waals surface area contributed by atoms with Crippen LogP contribution in [0.4, 0.5) is 5.95 Å². The number of amides is 1. The highest BCUT2D eigenvalue weighted by Gasteiger charge is 2.45. The molecule has 0 bridgehead atoms. The molecule has 2 aliphatic rings. The Bertz CT molecular complexity index is 664. The minimum absolute atomic E-state index is 0.0311. The summed E-state index contributed by atoms with van der Waals surface area (Å²) >= 11 is 0. The van der Waals surface area contributed by atoms with Crippen LogP contribution in [-0.4, -0.2) is 55.9 Å². The minimum Gasteiger partial charge on any atom is -0.336 e. The lowest BCUT2D eigenvalue weighted by Gasteiger charge is -2.25. The van der Waals surface area contributed by atoms with Crippen LogP contribution in [0.5, 0.6) is 0 Å². The van der Waals surface area contributed by atoms with Gasteiger partial charge in [-0.3, -0.25) is 9.78 Å². The van der Waals surface area contributed by atoms with Gasteiger partial charge in [-0.2, -0.15) is 0 Å². The van der Waals surface area contributed by atoms with Crippen LogP contribution in [0, 0.1) is 0 Å². The van der Waals surface area contributed by atoms with Gasteiger partial charge < -0.3 is 9.80 Å². The van der Waals surface area contributed by atoms with Gasteiger partial charge in [0, 0.05) is 37.9 Å². The van der Waals surface area contributed by atoms with E-state index in [1.165, 1.54) is 6.20 Å². The Balaban J connectivity index is 1.55. The van der Waals surface area contributed by atoms with Gasteiger partial charge in [0.25, 0.3) is 5.91 Å². The highest BCUT2D eigenvalue weighted by atomic mass is 16.2. The van der Waals surface area contributed by atoms with Gasteiger partial charge in [-0.05, 0) is 18.9 Å². The lowest BCUT2D eigenvalue weighted by atomic mass is 10.1. The molecular weight excluding hydrogens is 280 g/mol. The molecule has 4 rings (SSSR count). The molecule has 2 aliphatic heterocycles. The largest absolute Gasteiger partial charge is 0.336 e. The fraction of sp³-hybridized carbons (Fsp3) is 0.400. The number of carbonyl (C=O) groups excluding carboxylic acids is 1. The molecule has 7 heteroatoms. The Morgan fingerprint density at radius 3 is 2.59 bits per heavy atom. The number of hydrogen-bond donors (Lipinski definition) is 0.